The van der Waals surface area contributed by atoms with Crippen LogP contribution in [-0.4, -0.2) is 124 Å². The van der Waals surface area contributed by atoms with Gasteiger partial charge in [0.15, 0.2) is 5.70 Å². The number of carboxylic acids is 4. The van der Waals surface area contributed by atoms with E-state index in [1.807, 2.05) is 0 Å². The molecule has 2 aliphatic rings. The molecular weight excluding hydrogens is 661 g/mol. The number of fused-ring (bicyclic) bond motifs is 4. The smallest absolute Gasteiger partial charge is 0.489 e. The summed E-state index contributed by atoms with van der Waals surface area (Å²) in [4.78, 5) is 47.9. The summed E-state index contributed by atoms with van der Waals surface area (Å²) in [5.74, 6) is -4.93. The van der Waals surface area contributed by atoms with Gasteiger partial charge >= 0.3 is 30.8 Å². The summed E-state index contributed by atoms with van der Waals surface area (Å²) in [5.41, 5.74) is 3.78. The fourth-order valence-electron chi connectivity index (χ4n) is 6.44. The third-order valence-corrected chi connectivity index (χ3v) is 8.29. The summed E-state index contributed by atoms with van der Waals surface area (Å²) >= 11 is 0. The van der Waals surface area contributed by atoms with E-state index in [0.717, 1.165) is 13.9 Å². The van der Waals surface area contributed by atoms with Gasteiger partial charge in [-0.05, 0) is 61.0 Å². The first-order valence-electron chi connectivity index (χ1n) is 15.6. The third kappa shape index (κ3) is 7.38. The van der Waals surface area contributed by atoms with Crippen LogP contribution in [0.1, 0.15) is 33.6 Å². The Bertz CT molecular complexity index is 1890. The van der Waals surface area contributed by atoms with Crippen molar-refractivity contribution in [1.82, 2.24) is 9.38 Å². The van der Waals surface area contributed by atoms with Crippen LogP contribution in [0.15, 0.2) is 48.5 Å². The molecule has 3 aromatic rings. The Morgan fingerprint density at radius 3 is 2.12 bits per heavy atom. The Kier molecular flexibility index (Phi) is 10.4. The van der Waals surface area contributed by atoms with Crippen molar-refractivity contribution >= 4 is 54.0 Å². The summed E-state index contributed by atoms with van der Waals surface area (Å²) in [7, 11) is 0. The molecule has 0 aliphatic carbocycles. The summed E-state index contributed by atoms with van der Waals surface area (Å²) in [6, 6.07) is 13.3. The first-order chi connectivity index (χ1) is 23.7. The van der Waals surface area contributed by atoms with Gasteiger partial charge in [-0.1, -0.05) is 18.2 Å². The number of aliphatic carboxylic acids is 4. The van der Waals surface area contributed by atoms with E-state index in [1.54, 1.807) is 56.3 Å². The van der Waals surface area contributed by atoms with Gasteiger partial charge in [-0.15, -0.1) is 0 Å². The highest BCUT2D eigenvalue weighted by Crippen LogP contribution is 2.47. The van der Waals surface area contributed by atoms with Crippen LogP contribution < -0.4 is 9.64 Å². The van der Waals surface area contributed by atoms with Gasteiger partial charge in [-0.25, -0.2) is 0 Å². The summed E-state index contributed by atoms with van der Waals surface area (Å²) in [6.07, 6.45) is 1.42. The number of nitrogens with zero attached hydrogens (tertiary/aromatic N) is 4. The van der Waals surface area contributed by atoms with Gasteiger partial charge in [-0.2, -0.15) is 0 Å². The molecule has 17 heteroatoms. The molecule has 14 nitrogen and oxygen atoms in total. The van der Waals surface area contributed by atoms with Crippen molar-refractivity contribution in [2.75, 3.05) is 57.4 Å². The van der Waals surface area contributed by atoms with E-state index in [9.17, 15) is 29.4 Å². The minimum absolute atomic E-state index is 0.000793. The minimum atomic E-state index is -4.28. The number of aryl methyl sites for hydroxylation is 2. The van der Waals surface area contributed by atoms with E-state index in [2.05, 4.69) is 0 Å². The van der Waals surface area contributed by atoms with Crippen LogP contribution in [0.25, 0.3) is 11.3 Å². The fraction of sp³-hybridized carbons (Fsp3) is 0.303. The highest BCUT2D eigenvalue weighted by Gasteiger charge is 2.55. The second-order valence-electron chi connectivity index (χ2n) is 11.9. The maximum atomic E-state index is 16.3. The molecule has 0 amide bonds. The van der Waals surface area contributed by atoms with Gasteiger partial charge in [0, 0.05) is 17.8 Å². The molecule has 1 aromatic heterocycles. The van der Waals surface area contributed by atoms with Crippen molar-refractivity contribution in [1.29, 1.82) is 0 Å². The number of hydrogen-bond donors (Lipinski definition) is 4. The van der Waals surface area contributed by atoms with Crippen molar-refractivity contribution in [3.8, 4) is 5.75 Å². The predicted molar refractivity (Wildman–Crippen MR) is 177 cm³/mol. The predicted octanol–water partition coefficient (Wildman–Crippen LogP) is 2.55. The molecule has 2 aliphatic heterocycles. The van der Waals surface area contributed by atoms with Gasteiger partial charge < -0.3 is 52.4 Å². The zero-order chi connectivity index (χ0) is 36.3. The van der Waals surface area contributed by atoms with Crippen LogP contribution in [0.2, 0.25) is 0 Å². The van der Waals surface area contributed by atoms with Crippen LogP contribution in [0.4, 0.5) is 14.3 Å². The number of benzene rings is 2. The molecular formula is C33H35BF2N4O10. The second-order valence-corrected chi connectivity index (χ2v) is 11.9. The van der Waals surface area contributed by atoms with E-state index in [1.165, 1.54) is 17.2 Å². The fourth-order valence-corrected chi connectivity index (χ4v) is 6.44. The van der Waals surface area contributed by atoms with Crippen LogP contribution in [-0.2, 0) is 23.9 Å². The molecule has 4 N–H and O–H groups in total. The van der Waals surface area contributed by atoms with Gasteiger partial charge in [0.25, 0.3) is 0 Å². The quantitative estimate of drug-likeness (QED) is 0.120. The summed E-state index contributed by atoms with van der Waals surface area (Å²) in [6.45, 7) is -3.52. The lowest BCUT2D eigenvalue weighted by molar-refractivity contribution is -0.312. The number of rotatable bonds is 17. The molecule has 0 atom stereocenters. The molecule has 50 heavy (non-hydrogen) atoms. The standard InChI is InChI=1S/C33H35BF2N4O10/c1-20-13-21(2)40-32(20)31(33-24-6-4-3-5-23(24)15-39(33)34(40,35)36)22-7-8-25(38(18-29(45)46)19-30(47)48)26(14-22)50-12-11-49-10-9-37(16-27(41)42)17-28(43)44/h3-8,13-15H,9-12,16-19H2,1-2H3,(H,41,42)(H,43,44)(H,45,46)(H,47,48). The number of carbonyl (C=O) groups is 4. The maximum Gasteiger partial charge on any atom is 0.737 e. The van der Waals surface area contributed by atoms with Gasteiger partial charge in [-0.3, -0.25) is 24.1 Å². The van der Waals surface area contributed by atoms with Crippen LogP contribution in [0, 0.1) is 13.8 Å². The normalized spacial score (nSPS) is 14.1. The third-order valence-electron chi connectivity index (χ3n) is 8.29. The van der Waals surface area contributed by atoms with Crippen molar-refractivity contribution < 1.29 is 62.2 Å². The van der Waals surface area contributed by atoms with Crippen molar-refractivity contribution in [2.45, 2.75) is 13.8 Å². The molecule has 5 rings (SSSR count). The zero-order valence-electron chi connectivity index (χ0n) is 27.2. The van der Waals surface area contributed by atoms with E-state index in [4.69, 9.17) is 19.7 Å². The SMILES string of the molecule is Cc1cc(C)n2c1C(c1ccc(N(CC(=O)O)CC(=O)O)c(OCCOCCN(CC(=O)O)CC(=O)O)c1)=C1c3ccccc3C=[N+]1[B-]2(F)F. The Labute approximate surface area is 284 Å². The van der Waals surface area contributed by atoms with Crippen LogP contribution in [0.5, 0.6) is 5.75 Å². The average molecular weight is 696 g/mol. The number of aromatic nitrogens is 1. The van der Waals surface area contributed by atoms with Crippen LogP contribution in [0.3, 0.4) is 0 Å². The minimum Gasteiger partial charge on any atom is -0.489 e. The lowest BCUT2D eigenvalue weighted by atomic mass is 9.84. The van der Waals surface area contributed by atoms with E-state index in [-0.39, 0.29) is 43.5 Å². The average Bonchev–Trinajstić information content (AvgIpc) is 3.56. The number of carboxylic acid groups (broad SMARTS) is 4. The number of anilines is 1. The Morgan fingerprint density at radius 2 is 1.48 bits per heavy atom. The number of hydrogen-bond acceptors (Lipinski definition) is 8. The number of halogens is 2. The molecule has 0 bridgehead atoms. The van der Waals surface area contributed by atoms with Crippen molar-refractivity contribution in [3.63, 3.8) is 0 Å². The second kappa shape index (κ2) is 14.5. The zero-order valence-corrected chi connectivity index (χ0v) is 27.2. The maximum absolute atomic E-state index is 16.3. The van der Waals surface area contributed by atoms with Gasteiger partial charge in [0.1, 0.15) is 31.7 Å². The first-order valence-corrected chi connectivity index (χ1v) is 15.6. The molecule has 0 radical (unpaired) electrons. The highest BCUT2D eigenvalue weighted by molar-refractivity contribution is 6.59. The van der Waals surface area contributed by atoms with Crippen molar-refractivity contribution in [2.24, 2.45) is 0 Å². The van der Waals surface area contributed by atoms with Crippen LogP contribution >= 0.6 is 0 Å². The monoisotopic (exact) mass is 696 g/mol. The Hall–Kier alpha value is -5.55. The van der Waals surface area contributed by atoms with Gasteiger partial charge in [0.2, 0.25) is 0 Å². The number of ether oxygens (including phenoxy) is 2. The topological polar surface area (TPSA) is 182 Å². The molecule has 0 fully saturated rings. The lowest BCUT2D eigenvalue weighted by Crippen LogP contribution is -2.49. The molecule has 0 saturated heterocycles. The molecule has 3 heterocycles. The Morgan fingerprint density at radius 1 is 0.840 bits per heavy atom. The molecule has 0 unspecified atom stereocenters. The lowest BCUT2D eigenvalue weighted by Gasteiger charge is -2.33. The van der Waals surface area contributed by atoms with Crippen molar-refractivity contribution in [3.05, 3.63) is 82.2 Å². The van der Waals surface area contributed by atoms with E-state index < -0.39 is 57.0 Å². The van der Waals surface area contributed by atoms with E-state index >= 15 is 8.63 Å². The molecule has 0 saturated carbocycles. The summed E-state index contributed by atoms with van der Waals surface area (Å²) < 4.78 is 46.2. The summed E-state index contributed by atoms with van der Waals surface area (Å²) in [5, 5.41) is 37.2. The van der Waals surface area contributed by atoms with E-state index in [0.29, 0.717) is 39.2 Å². The molecule has 2 aromatic carbocycles. The molecule has 0 spiro atoms. The largest absolute Gasteiger partial charge is 0.737 e. The van der Waals surface area contributed by atoms with Gasteiger partial charge in [0.05, 0.1) is 43.1 Å². The highest BCUT2D eigenvalue weighted by atomic mass is 19.2. The molecule has 264 valence electrons. The Balaban J connectivity index is 1.53. The first kappa shape index (κ1) is 35.8.